The van der Waals surface area contributed by atoms with Crippen LogP contribution in [0.15, 0.2) is 36.4 Å². The van der Waals surface area contributed by atoms with Gasteiger partial charge < -0.3 is 0 Å². The fourth-order valence-electron chi connectivity index (χ4n) is 5.87. The quantitative estimate of drug-likeness (QED) is 0.261. The third-order valence-corrected chi connectivity index (χ3v) is 11.1. The Hall–Kier alpha value is -0.208. The average molecular weight is 533 g/mol. The second kappa shape index (κ2) is 10.4. The molecule has 0 aliphatic heterocycles. The molecular weight excluding hydrogens is 486 g/mol. The minimum absolute atomic E-state index is 0. The zero-order valence-corrected chi connectivity index (χ0v) is 24.6. The van der Waals surface area contributed by atoms with Gasteiger partial charge in [-0.05, 0) is 56.8 Å². The second-order valence-electron chi connectivity index (χ2n) is 12.1. The number of hydrogen-bond acceptors (Lipinski definition) is 0. The van der Waals surface area contributed by atoms with Gasteiger partial charge in [-0.1, -0.05) is 127 Å². The van der Waals surface area contributed by atoms with E-state index in [9.17, 15) is 0 Å². The SMILES string of the molecule is CC(C)c1ccc(C2=CC=CCC2(C(C)C)P(C(C)(C)C)C(C)(C)C)c(C(C)C)c1.[Pd]. The predicted molar refractivity (Wildman–Crippen MR) is 140 cm³/mol. The summed E-state index contributed by atoms with van der Waals surface area (Å²) >= 11 is 0. The molecule has 0 spiro atoms. The molecule has 0 N–H and O–H groups in total. The Morgan fingerprint density at radius 1 is 0.839 bits per heavy atom. The monoisotopic (exact) mass is 532 g/mol. The molecule has 2 rings (SSSR count). The molecule has 2 heteroatoms. The smallest absolute Gasteiger partial charge is 0.0227 e. The van der Waals surface area contributed by atoms with Crippen LogP contribution in [0.1, 0.15) is 118 Å². The standard InChI is InChI=1S/C29H47P.Pd/c1-20(2)23-16-17-24(25(19-23)21(3)4)26-15-13-14-18-29(26,22(5)6)30(27(7,8)9)28(10,11)12;/h13-17,19-22H,18H2,1-12H3;. The van der Waals surface area contributed by atoms with Crippen LogP contribution in [0, 0.1) is 5.92 Å². The van der Waals surface area contributed by atoms with E-state index in [1.165, 1.54) is 16.7 Å². The minimum Gasteiger partial charge on any atom is -0.0841 e. The van der Waals surface area contributed by atoms with Crippen molar-refractivity contribution in [3.05, 3.63) is 53.1 Å². The first-order chi connectivity index (χ1) is 13.6. The van der Waals surface area contributed by atoms with E-state index in [2.05, 4.69) is 120 Å². The summed E-state index contributed by atoms with van der Waals surface area (Å²) in [4.78, 5) is 0. The van der Waals surface area contributed by atoms with Crippen LogP contribution in [0.5, 0.6) is 0 Å². The van der Waals surface area contributed by atoms with Crippen molar-refractivity contribution in [2.45, 2.75) is 117 Å². The Labute approximate surface area is 209 Å². The fraction of sp³-hybridized carbons (Fsp3) is 0.655. The Kier molecular flexibility index (Phi) is 9.65. The normalized spacial score (nSPS) is 19.9. The topological polar surface area (TPSA) is 0 Å². The molecule has 1 aliphatic carbocycles. The number of benzene rings is 1. The molecule has 0 amide bonds. The minimum atomic E-state index is -0.319. The largest absolute Gasteiger partial charge is 0.0841 e. The maximum absolute atomic E-state index is 2.49. The maximum Gasteiger partial charge on any atom is 0.0227 e. The van der Waals surface area contributed by atoms with E-state index in [0.29, 0.717) is 17.8 Å². The molecule has 1 aliphatic rings. The molecule has 178 valence electrons. The first kappa shape index (κ1) is 28.8. The van der Waals surface area contributed by atoms with Crippen molar-refractivity contribution in [3.63, 3.8) is 0 Å². The summed E-state index contributed by atoms with van der Waals surface area (Å²) in [5.74, 6) is 1.67. The van der Waals surface area contributed by atoms with Crippen molar-refractivity contribution in [3.8, 4) is 0 Å². The molecule has 0 heterocycles. The Morgan fingerprint density at radius 3 is 1.81 bits per heavy atom. The van der Waals surface area contributed by atoms with Gasteiger partial charge in [-0.25, -0.2) is 0 Å². The molecule has 1 aromatic carbocycles. The van der Waals surface area contributed by atoms with Crippen LogP contribution in [-0.4, -0.2) is 15.5 Å². The molecule has 1 unspecified atom stereocenters. The molecule has 0 radical (unpaired) electrons. The summed E-state index contributed by atoms with van der Waals surface area (Å²) in [6, 6.07) is 7.32. The second-order valence-corrected chi connectivity index (χ2v) is 16.3. The van der Waals surface area contributed by atoms with E-state index in [0.717, 1.165) is 6.42 Å². The summed E-state index contributed by atoms with van der Waals surface area (Å²) in [6.45, 7) is 29.1. The van der Waals surface area contributed by atoms with Gasteiger partial charge in [0, 0.05) is 25.6 Å². The third-order valence-electron chi connectivity index (χ3n) is 6.64. The van der Waals surface area contributed by atoms with Gasteiger partial charge in [-0.15, -0.1) is 0 Å². The van der Waals surface area contributed by atoms with Crippen LogP contribution in [0.4, 0.5) is 0 Å². The molecule has 1 aromatic rings. The van der Waals surface area contributed by atoms with Gasteiger partial charge in [0.25, 0.3) is 0 Å². The van der Waals surface area contributed by atoms with E-state index < -0.39 is 0 Å². The third kappa shape index (κ3) is 5.84. The van der Waals surface area contributed by atoms with Crippen LogP contribution in [0.2, 0.25) is 0 Å². The van der Waals surface area contributed by atoms with Crippen LogP contribution in [-0.2, 0) is 20.4 Å². The molecule has 1 atom stereocenters. The van der Waals surface area contributed by atoms with E-state index in [1.54, 1.807) is 5.57 Å². The molecule has 31 heavy (non-hydrogen) atoms. The van der Waals surface area contributed by atoms with Gasteiger partial charge in [0.2, 0.25) is 0 Å². The van der Waals surface area contributed by atoms with Crippen molar-refractivity contribution >= 4 is 13.5 Å². The van der Waals surface area contributed by atoms with Crippen LogP contribution < -0.4 is 0 Å². The Balaban J connectivity index is 0.00000480. The number of rotatable bonds is 5. The molecule has 0 fully saturated rings. The zero-order chi connectivity index (χ0) is 23.1. The van der Waals surface area contributed by atoms with Crippen LogP contribution in [0.3, 0.4) is 0 Å². The summed E-state index contributed by atoms with van der Waals surface area (Å²) in [6.07, 6.45) is 8.37. The summed E-state index contributed by atoms with van der Waals surface area (Å²) < 4.78 is 0. The molecule has 0 saturated carbocycles. The summed E-state index contributed by atoms with van der Waals surface area (Å²) in [5.41, 5.74) is 6.06. The first-order valence-corrected chi connectivity index (χ1v) is 13.3. The Bertz CT molecular complexity index is 785. The average Bonchev–Trinajstić information content (AvgIpc) is 2.58. The van der Waals surface area contributed by atoms with Crippen LogP contribution >= 0.6 is 7.92 Å². The zero-order valence-electron chi connectivity index (χ0n) is 22.2. The fourth-order valence-corrected chi connectivity index (χ4v) is 11.5. The van der Waals surface area contributed by atoms with E-state index in [1.807, 2.05) is 0 Å². The molecule has 0 bridgehead atoms. The number of hydrogen-bond donors (Lipinski definition) is 0. The van der Waals surface area contributed by atoms with Gasteiger partial charge in [0.15, 0.2) is 0 Å². The van der Waals surface area contributed by atoms with Gasteiger partial charge in [-0.2, -0.15) is 0 Å². The van der Waals surface area contributed by atoms with Gasteiger partial charge in [0.1, 0.15) is 0 Å². The first-order valence-electron chi connectivity index (χ1n) is 12.0. The van der Waals surface area contributed by atoms with Gasteiger partial charge in [-0.3, -0.25) is 0 Å². The molecule has 0 nitrogen and oxygen atoms in total. The van der Waals surface area contributed by atoms with Crippen molar-refractivity contribution in [2.75, 3.05) is 0 Å². The van der Waals surface area contributed by atoms with Crippen LogP contribution in [0.25, 0.3) is 5.57 Å². The summed E-state index contributed by atoms with van der Waals surface area (Å²) in [7, 11) is -0.319. The van der Waals surface area contributed by atoms with E-state index in [4.69, 9.17) is 0 Å². The summed E-state index contributed by atoms with van der Waals surface area (Å²) in [5, 5.41) is 0.736. The number of allylic oxidation sites excluding steroid dienone is 4. The van der Waals surface area contributed by atoms with Crippen molar-refractivity contribution in [1.29, 1.82) is 0 Å². The molecule has 0 saturated heterocycles. The van der Waals surface area contributed by atoms with Gasteiger partial charge >= 0.3 is 0 Å². The van der Waals surface area contributed by atoms with Crippen molar-refractivity contribution < 1.29 is 20.4 Å². The molecular formula is C29H47PPd. The van der Waals surface area contributed by atoms with E-state index in [-0.39, 0.29) is 43.8 Å². The Morgan fingerprint density at radius 2 is 1.39 bits per heavy atom. The maximum atomic E-state index is 2.49. The van der Waals surface area contributed by atoms with Crippen molar-refractivity contribution in [1.82, 2.24) is 0 Å². The molecule has 0 aromatic heterocycles. The van der Waals surface area contributed by atoms with E-state index >= 15 is 0 Å². The predicted octanol–water partition coefficient (Wildman–Crippen LogP) is 9.75. The van der Waals surface area contributed by atoms with Crippen molar-refractivity contribution in [2.24, 2.45) is 5.92 Å². The van der Waals surface area contributed by atoms with Gasteiger partial charge in [0.05, 0.1) is 0 Å².